The topological polar surface area (TPSA) is 37.4 Å². The lowest BCUT2D eigenvalue weighted by Crippen LogP contribution is -2.38. The molecular weight excluding hydrogens is 302 g/mol. The van der Waals surface area contributed by atoms with E-state index in [1.165, 1.54) is 4.31 Å². The summed E-state index contributed by atoms with van der Waals surface area (Å²) in [5.74, 6) is 1.19. The van der Waals surface area contributed by atoms with E-state index in [-0.39, 0.29) is 6.04 Å². The van der Waals surface area contributed by atoms with E-state index in [1.54, 1.807) is 43.1 Å². The van der Waals surface area contributed by atoms with Crippen LogP contribution >= 0.6 is 23.4 Å². The van der Waals surface area contributed by atoms with Crippen LogP contribution in [-0.4, -0.2) is 37.8 Å². The summed E-state index contributed by atoms with van der Waals surface area (Å²) in [5.41, 5.74) is 0.916. The standard InChI is InChI=1S/C13H20ClNO2S2/c1-4-12(10-18-3)15(2)19(16,17)13-7-5-11(9-14)6-8-13/h5-8,12H,4,9-10H2,1-3H3. The molecule has 108 valence electrons. The SMILES string of the molecule is CCC(CSC)N(C)S(=O)(=O)c1ccc(CCl)cc1. The van der Waals surface area contributed by atoms with E-state index in [0.29, 0.717) is 10.8 Å². The normalized spacial score (nSPS) is 13.7. The van der Waals surface area contributed by atoms with E-state index in [4.69, 9.17) is 11.6 Å². The molecule has 1 unspecified atom stereocenters. The van der Waals surface area contributed by atoms with Gasteiger partial charge in [0.25, 0.3) is 0 Å². The lowest BCUT2D eigenvalue weighted by Gasteiger charge is -2.26. The van der Waals surface area contributed by atoms with Crippen LogP contribution in [0, 0.1) is 0 Å². The third kappa shape index (κ3) is 4.12. The summed E-state index contributed by atoms with van der Waals surface area (Å²) in [6.07, 6.45) is 2.79. The van der Waals surface area contributed by atoms with Crippen molar-refractivity contribution in [3.05, 3.63) is 29.8 Å². The van der Waals surface area contributed by atoms with Gasteiger partial charge >= 0.3 is 0 Å². The Morgan fingerprint density at radius 1 is 1.32 bits per heavy atom. The minimum atomic E-state index is -3.42. The quantitative estimate of drug-likeness (QED) is 0.724. The number of hydrogen-bond acceptors (Lipinski definition) is 3. The maximum absolute atomic E-state index is 12.5. The van der Waals surface area contributed by atoms with Crippen molar-refractivity contribution >= 4 is 33.4 Å². The van der Waals surface area contributed by atoms with Gasteiger partial charge in [0.2, 0.25) is 10.0 Å². The zero-order valence-corrected chi connectivity index (χ0v) is 13.9. The van der Waals surface area contributed by atoms with Gasteiger partial charge in [-0.1, -0.05) is 19.1 Å². The Hall–Kier alpha value is -0.230. The van der Waals surface area contributed by atoms with Crippen molar-refractivity contribution in [2.45, 2.75) is 30.2 Å². The number of sulfonamides is 1. The van der Waals surface area contributed by atoms with Gasteiger partial charge < -0.3 is 0 Å². The van der Waals surface area contributed by atoms with Crippen molar-refractivity contribution in [3.8, 4) is 0 Å². The van der Waals surface area contributed by atoms with Crippen LogP contribution in [0.25, 0.3) is 0 Å². The van der Waals surface area contributed by atoms with Crippen molar-refractivity contribution in [3.63, 3.8) is 0 Å². The number of thioether (sulfide) groups is 1. The van der Waals surface area contributed by atoms with Crippen molar-refractivity contribution in [2.24, 2.45) is 0 Å². The van der Waals surface area contributed by atoms with Crippen LogP contribution in [0.3, 0.4) is 0 Å². The summed E-state index contributed by atoms with van der Waals surface area (Å²) in [6, 6.07) is 6.77. The van der Waals surface area contributed by atoms with E-state index < -0.39 is 10.0 Å². The summed E-state index contributed by atoms with van der Waals surface area (Å²) in [4.78, 5) is 0.323. The van der Waals surface area contributed by atoms with Gasteiger partial charge in [0, 0.05) is 24.7 Å². The Bertz CT molecular complexity index is 488. The predicted molar refractivity (Wildman–Crippen MR) is 83.4 cm³/mol. The Balaban J connectivity index is 3.00. The fourth-order valence-electron chi connectivity index (χ4n) is 1.79. The third-order valence-electron chi connectivity index (χ3n) is 3.10. The minimum absolute atomic E-state index is 0.0210. The number of alkyl halides is 1. The Morgan fingerprint density at radius 2 is 1.89 bits per heavy atom. The highest BCUT2D eigenvalue weighted by Gasteiger charge is 2.26. The Kier molecular flexibility index (Phi) is 6.66. The first-order valence-electron chi connectivity index (χ1n) is 6.09. The zero-order chi connectivity index (χ0) is 14.5. The summed E-state index contributed by atoms with van der Waals surface area (Å²) in [7, 11) is -1.77. The molecule has 0 radical (unpaired) electrons. The molecule has 19 heavy (non-hydrogen) atoms. The minimum Gasteiger partial charge on any atom is -0.207 e. The maximum Gasteiger partial charge on any atom is 0.243 e. The molecule has 0 saturated carbocycles. The van der Waals surface area contributed by atoms with Crippen molar-refractivity contribution in [1.29, 1.82) is 0 Å². The number of hydrogen-bond donors (Lipinski definition) is 0. The molecule has 0 saturated heterocycles. The van der Waals surface area contributed by atoms with Gasteiger partial charge in [-0.2, -0.15) is 16.1 Å². The van der Waals surface area contributed by atoms with Gasteiger partial charge in [-0.3, -0.25) is 0 Å². The van der Waals surface area contributed by atoms with Crippen LogP contribution < -0.4 is 0 Å². The second-order valence-corrected chi connectivity index (χ2v) is 7.49. The Morgan fingerprint density at radius 3 is 2.32 bits per heavy atom. The molecule has 1 rings (SSSR count). The monoisotopic (exact) mass is 321 g/mol. The molecule has 6 heteroatoms. The average molecular weight is 322 g/mol. The van der Waals surface area contributed by atoms with Crippen LogP contribution in [0.1, 0.15) is 18.9 Å². The van der Waals surface area contributed by atoms with E-state index in [0.717, 1.165) is 17.7 Å². The van der Waals surface area contributed by atoms with E-state index in [1.807, 2.05) is 13.2 Å². The summed E-state index contributed by atoms with van der Waals surface area (Å²) >= 11 is 7.36. The van der Waals surface area contributed by atoms with Gasteiger partial charge in [-0.25, -0.2) is 8.42 Å². The van der Waals surface area contributed by atoms with Gasteiger partial charge in [0.15, 0.2) is 0 Å². The first-order valence-corrected chi connectivity index (χ1v) is 9.46. The second kappa shape index (κ2) is 7.53. The fraction of sp³-hybridized carbons (Fsp3) is 0.538. The van der Waals surface area contributed by atoms with Crippen molar-refractivity contribution in [1.82, 2.24) is 4.31 Å². The Labute approximate surface area is 125 Å². The van der Waals surface area contributed by atoms with Gasteiger partial charge in [-0.15, -0.1) is 11.6 Å². The molecule has 0 aromatic heterocycles. The predicted octanol–water partition coefficient (Wildman–Crippen LogP) is 3.19. The second-order valence-electron chi connectivity index (χ2n) is 4.32. The molecule has 0 bridgehead atoms. The van der Waals surface area contributed by atoms with Gasteiger partial charge in [-0.05, 0) is 30.4 Å². The van der Waals surface area contributed by atoms with Crippen LogP contribution in [0.15, 0.2) is 29.2 Å². The molecule has 0 amide bonds. The molecule has 1 aromatic carbocycles. The van der Waals surface area contributed by atoms with Crippen molar-refractivity contribution < 1.29 is 8.42 Å². The van der Waals surface area contributed by atoms with E-state index in [2.05, 4.69) is 0 Å². The molecule has 0 fully saturated rings. The summed E-state index contributed by atoms with van der Waals surface area (Å²) in [5, 5.41) is 0. The molecule has 0 heterocycles. The maximum atomic E-state index is 12.5. The fourth-order valence-corrected chi connectivity index (χ4v) is 4.33. The highest BCUT2D eigenvalue weighted by Crippen LogP contribution is 2.20. The van der Waals surface area contributed by atoms with Gasteiger partial charge in [0.1, 0.15) is 0 Å². The lowest BCUT2D eigenvalue weighted by atomic mass is 10.2. The number of rotatable bonds is 7. The largest absolute Gasteiger partial charge is 0.243 e. The molecule has 0 aliphatic rings. The number of nitrogens with zero attached hydrogens (tertiary/aromatic N) is 1. The number of benzene rings is 1. The number of halogens is 1. The zero-order valence-electron chi connectivity index (χ0n) is 11.5. The highest BCUT2D eigenvalue weighted by molar-refractivity contribution is 7.98. The summed E-state index contributed by atoms with van der Waals surface area (Å²) in [6.45, 7) is 2.00. The molecule has 3 nitrogen and oxygen atoms in total. The molecule has 0 aliphatic heterocycles. The molecule has 1 aromatic rings. The van der Waals surface area contributed by atoms with Crippen molar-refractivity contribution in [2.75, 3.05) is 19.1 Å². The molecule has 0 aliphatic carbocycles. The van der Waals surface area contributed by atoms with E-state index in [9.17, 15) is 8.42 Å². The van der Waals surface area contributed by atoms with E-state index >= 15 is 0 Å². The van der Waals surface area contributed by atoms with Crippen LogP contribution in [-0.2, 0) is 15.9 Å². The molecule has 0 N–H and O–H groups in total. The average Bonchev–Trinajstić information content (AvgIpc) is 2.44. The lowest BCUT2D eigenvalue weighted by molar-refractivity contribution is 0.385. The smallest absolute Gasteiger partial charge is 0.207 e. The summed E-state index contributed by atoms with van der Waals surface area (Å²) < 4.78 is 26.5. The van der Waals surface area contributed by atoms with Crippen LogP contribution in [0.5, 0.6) is 0 Å². The first kappa shape index (κ1) is 16.8. The third-order valence-corrected chi connectivity index (χ3v) is 6.05. The van der Waals surface area contributed by atoms with Gasteiger partial charge in [0.05, 0.1) is 4.90 Å². The first-order chi connectivity index (χ1) is 8.97. The molecule has 1 atom stereocenters. The molecular formula is C13H20ClNO2S2. The van der Waals surface area contributed by atoms with Crippen LogP contribution in [0.4, 0.5) is 0 Å². The highest BCUT2D eigenvalue weighted by atomic mass is 35.5. The molecule has 0 spiro atoms. The van der Waals surface area contributed by atoms with Crippen LogP contribution in [0.2, 0.25) is 0 Å².